The molecule has 3 rings (SSSR count). The van der Waals surface area contributed by atoms with Crippen LogP contribution in [0.3, 0.4) is 0 Å². The minimum Gasteiger partial charge on any atom is -0.425 e. The first-order valence-electron chi connectivity index (χ1n) is 7.32. The lowest BCUT2D eigenvalue weighted by Gasteiger charge is -2.15. The molecule has 1 atom stereocenters. The van der Waals surface area contributed by atoms with E-state index in [1.54, 1.807) is 25.1 Å². The van der Waals surface area contributed by atoms with Crippen molar-refractivity contribution in [3.8, 4) is 11.1 Å². The number of rotatable bonds is 3. The SMILES string of the molecule is Cc1cc(C(O)c2ccc(-c3ccccc3)cc2)n(O)c(=O)c1. The Kier molecular flexibility index (Phi) is 4.00. The highest BCUT2D eigenvalue weighted by Gasteiger charge is 2.16. The zero-order chi connectivity index (χ0) is 16.4. The van der Waals surface area contributed by atoms with Crippen LogP contribution in [-0.4, -0.2) is 15.0 Å². The zero-order valence-electron chi connectivity index (χ0n) is 12.7. The van der Waals surface area contributed by atoms with Crippen LogP contribution in [0.1, 0.15) is 22.9 Å². The number of hydrogen-bond acceptors (Lipinski definition) is 3. The molecule has 0 aliphatic carbocycles. The molecule has 116 valence electrons. The van der Waals surface area contributed by atoms with Gasteiger partial charge in [-0.15, -0.1) is 4.73 Å². The Morgan fingerprint density at radius 3 is 2.17 bits per heavy atom. The summed E-state index contributed by atoms with van der Waals surface area (Å²) in [4.78, 5) is 11.6. The van der Waals surface area contributed by atoms with Crippen molar-refractivity contribution in [2.75, 3.05) is 0 Å². The maximum Gasteiger partial charge on any atom is 0.283 e. The smallest absolute Gasteiger partial charge is 0.283 e. The molecule has 0 amide bonds. The maximum absolute atomic E-state index is 11.6. The Balaban J connectivity index is 1.95. The third-order valence-electron chi connectivity index (χ3n) is 3.79. The lowest BCUT2D eigenvalue weighted by Crippen LogP contribution is -2.23. The molecule has 2 N–H and O–H groups in total. The first-order valence-corrected chi connectivity index (χ1v) is 7.32. The number of benzene rings is 2. The summed E-state index contributed by atoms with van der Waals surface area (Å²) in [7, 11) is 0. The average Bonchev–Trinajstić information content (AvgIpc) is 2.58. The minimum atomic E-state index is -1.07. The lowest BCUT2D eigenvalue weighted by atomic mass is 10.00. The molecule has 0 aliphatic rings. The van der Waals surface area contributed by atoms with Crippen molar-refractivity contribution in [3.05, 3.63) is 93.9 Å². The van der Waals surface area contributed by atoms with E-state index in [0.717, 1.165) is 11.1 Å². The number of hydrogen-bond donors (Lipinski definition) is 2. The highest BCUT2D eigenvalue weighted by molar-refractivity contribution is 5.63. The van der Waals surface area contributed by atoms with Crippen LogP contribution in [0.15, 0.2) is 71.5 Å². The number of aromatic nitrogens is 1. The van der Waals surface area contributed by atoms with Crippen molar-refractivity contribution in [2.24, 2.45) is 0 Å². The van der Waals surface area contributed by atoms with Gasteiger partial charge in [0.2, 0.25) is 0 Å². The Bertz CT molecular complexity index is 867. The number of pyridine rings is 1. The van der Waals surface area contributed by atoms with Crippen LogP contribution in [0.5, 0.6) is 0 Å². The highest BCUT2D eigenvalue weighted by Crippen LogP contribution is 2.25. The summed E-state index contributed by atoms with van der Waals surface area (Å²) in [5.74, 6) is 0. The van der Waals surface area contributed by atoms with Crippen LogP contribution in [-0.2, 0) is 0 Å². The Labute approximate surface area is 133 Å². The molecule has 1 aromatic heterocycles. The minimum absolute atomic E-state index is 0.155. The van der Waals surface area contributed by atoms with Crippen molar-refractivity contribution < 1.29 is 10.3 Å². The fraction of sp³-hybridized carbons (Fsp3) is 0.105. The highest BCUT2D eigenvalue weighted by atomic mass is 16.5. The van der Waals surface area contributed by atoms with Crippen LogP contribution >= 0.6 is 0 Å². The number of aryl methyl sites for hydroxylation is 1. The summed E-state index contributed by atoms with van der Waals surface area (Å²) in [6.45, 7) is 1.75. The zero-order valence-corrected chi connectivity index (χ0v) is 12.7. The van der Waals surface area contributed by atoms with Gasteiger partial charge in [-0.3, -0.25) is 4.79 Å². The van der Waals surface area contributed by atoms with E-state index in [-0.39, 0.29) is 5.69 Å². The maximum atomic E-state index is 11.6. The van der Waals surface area contributed by atoms with E-state index < -0.39 is 11.7 Å². The van der Waals surface area contributed by atoms with E-state index in [2.05, 4.69) is 0 Å². The van der Waals surface area contributed by atoms with Crippen molar-refractivity contribution in [1.82, 2.24) is 4.73 Å². The van der Waals surface area contributed by atoms with E-state index in [9.17, 15) is 15.1 Å². The molecule has 2 aromatic carbocycles. The second-order valence-corrected chi connectivity index (χ2v) is 5.50. The molecule has 23 heavy (non-hydrogen) atoms. The predicted octanol–water partition coefficient (Wildman–Crippen LogP) is 3.14. The van der Waals surface area contributed by atoms with E-state index in [4.69, 9.17) is 0 Å². The summed E-state index contributed by atoms with van der Waals surface area (Å²) in [5.41, 5.74) is 3.02. The summed E-state index contributed by atoms with van der Waals surface area (Å²) < 4.78 is 0.489. The lowest BCUT2D eigenvalue weighted by molar-refractivity contribution is 0.125. The van der Waals surface area contributed by atoms with E-state index >= 15 is 0 Å². The van der Waals surface area contributed by atoms with E-state index in [0.29, 0.717) is 15.9 Å². The van der Waals surface area contributed by atoms with E-state index in [1.807, 2.05) is 42.5 Å². The predicted molar refractivity (Wildman–Crippen MR) is 88.6 cm³/mol. The Morgan fingerprint density at radius 2 is 1.52 bits per heavy atom. The number of aliphatic hydroxyl groups excluding tert-OH is 1. The Morgan fingerprint density at radius 1 is 0.913 bits per heavy atom. The van der Waals surface area contributed by atoms with Gasteiger partial charge in [0, 0.05) is 6.07 Å². The second kappa shape index (κ2) is 6.10. The van der Waals surface area contributed by atoms with Crippen molar-refractivity contribution in [1.29, 1.82) is 0 Å². The third kappa shape index (κ3) is 3.03. The van der Waals surface area contributed by atoms with Crippen LogP contribution in [0.25, 0.3) is 11.1 Å². The summed E-state index contributed by atoms with van der Waals surface area (Å²) in [5, 5.41) is 20.3. The summed E-state index contributed by atoms with van der Waals surface area (Å²) in [6, 6.07) is 20.2. The van der Waals surface area contributed by atoms with E-state index in [1.165, 1.54) is 6.07 Å². The molecule has 0 fully saturated rings. The van der Waals surface area contributed by atoms with Gasteiger partial charge in [-0.05, 0) is 35.2 Å². The van der Waals surface area contributed by atoms with Crippen molar-refractivity contribution in [3.63, 3.8) is 0 Å². The van der Waals surface area contributed by atoms with Crippen molar-refractivity contribution in [2.45, 2.75) is 13.0 Å². The normalized spacial score (nSPS) is 12.1. The fourth-order valence-electron chi connectivity index (χ4n) is 2.57. The number of nitrogens with zero attached hydrogens (tertiary/aromatic N) is 1. The molecular weight excluding hydrogens is 290 g/mol. The van der Waals surface area contributed by atoms with Gasteiger partial charge in [0.1, 0.15) is 6.10 Å². The largest absolute Gasteiger partial charge is 0.425 e. The van der Waals surface area contributed by atoms with Gasteiger partial charge >= 0.3 is 0 Å². The topological polar surface area (TPSA) is 62.5 Å². The van der Waals surface area contributed by atoms with Gasteiger partial charge in [-0.25, -0.2) is 0 Å². The monoisotopic (exact) mass is 307 g/mol. The fourth-order valence-corrected chi connectivity index (χ4v) is 2.57. The molecule has 0 saturated carbocycles. The molecule has 3 aromatic rings. The molecule has 0 aliphatic heterocycles. The van der Waals surface area contributed by atoms with Gasteiger partial charge < -0.3 is 10.3 Å². The Hall–Kier alpha value is -2.85. The van der Waals surface area contributed by atoms with Crippen LogP contribution in [0, 0.1) is 6.92 Å². The first kappa shape index (κ1) is 15.1. The summed E-state index contributed by atoms with van der Waals surface area (Å²) >= 11 is 0. The molecule has 0 saturated heterocycles. The van der Waals surface area contributed by atoms with Crippen LogP contribution in [0.2, 0.25) is 0 Å². The molecule has 1 heterocycles. The van der Waals surface area contributed by atoms with Gasteiger partial charge in [-0.1, -0.05) is 54.6 Å². The average molecular weight is 307 g/mol. The third-order valence-corrected chi connectivity index (χ3v) is 3.79. The number of aliphatic hydroxyl groups is 1. The summed E-state index contributed by atoms with van der Waals surface area (Å²) in [6.07, 6.45) is -1.07. The van der Waals surface area contributed by atoms with Crippen molar-refractivity contribution >= 4 is 0 Å². The second-order valence-electron chi connectivity index (χ2n) is 5.50. The molecule has 4 heteroatoms. The molecule has 0 radical (unpaired) electrons. The molecule has 1 unspecified atom stereocenters. The molecule has 0 bridgehead atoms. The van der Waals surface area contributed by atoms with Gasteiger partial charge in [0.05, 0.1) is 5.69 Å². The standard InChI is InChI=1S/C19H17NO3/c1-13-11-17(20(23)18(21)12-13)19(22)16-9-7-15(8-10-16)14-5-3-2-4-6-14/h2-12,19,22-23H,1H3. The van der Waals surface area contributed by atoms with Crippen LogP contribution < -0.4 is 5.56 Å². The first-order chi connectivity index (χ1) is 11.1. The molecule has 0 spiro atoms. The quantitative estimate of drug-likeness (QED) is 0.731. The van der Waals surface area contributed by atoms with Gasteiger partial charge in [-0.2, -0.15) is 0 Å². The molecular formula is C19H17NO3. The van der Waals surface area contributed by atoms with Crippen LogP contribution in [0.4, 0.5) is 0 Å². The molecule has 4 nitrogen and oxygen atoms in total. The van der Waals surface area contributed by atoms with Gasteiger partial charge in [0.15, 0.2) is 0 Å². The van der Waals surface area contributed by atoms with Gasteiger partial charge in [0.25, 0.3) is 5.56 Å².